The second kappa shape index (κ2) is 6.30. The van der Waals surface area contributed by atoms with Gasteiger partial charge in [0.1, 0.15) is 0 Å². The van der Waals surface area contributed by atoms with Crippen molar-refractivity contribution in [2.45, 2.75) is 0 Å². The maximum Gasteiger partial charge on any atom is 0.338 e. The predicted molar refractivity (Wildman–Crippen MR) is 109 cm³/mol. The van der Waals surface area contributed by atoms with Crippen LogP contribution in [-0.4, -0.2) is 26.2 Å². The summed E-state index contributed by atoms with van der Waals surface area (Å²) in [6, 6.07) is 10.7. The topological polar surface area (TPSA) is 52.6 Å². The molecule has 0 amide bonds. The molecule has 134 valence electrons. The van der Waals surface area contributed by atoms with Gasteiger partial charge in [0, 0.05) is 11.1 Å². The number of esters is 2. The number of methoxy groups -OCH3 is 2. The molecule has 4 aromatic rings. The van der Waals surface area contributed by atoms with E-state index in [2.05, 4.69) is 11.8 Å². The van der Waals surface area contributed by atoms with E-state index in [9.17, 15) is 9.59 Å². The zero-order chi connectivity index (χ0) is 20.0. The van der Waals surface area contributed by atoms with Crippen molar-refractivity contribution < 1.29 is 19.1 Å². The molecule has 4 heteroatoms. The van der Waals surface area contributed by atoms with E-state index in [1.165, 1.54) is 14.2 Å². The largest absolute Gasteiger partial charge is 0.465 e. The zero-order valence-corrected chi connectivity index (χ0v) is 15.3. The molecule has 28 heavy (non-hydrogen) atoms. The summed E-state index contributed by atoms with van der Waals surface area (Å²) < 4.78 is 9.87. The lowest BCUT2D eigenvalue weighted by Gasteiger charge is -2.17. The Bertz CT molecular complexity index is 1270. The van der Waals surface area contributed by atoms with Crippen LogP contribution in [0.15, 0.2) is 36.4 Å². The van der Waals surface area contributed by atoms with Gasteiger partial charge in [0.2, 0.25) is 0 Å². The summed E-state index contributed by atoms with van der Waals surface area (Å²) in [7, 11) is 2.64. The SMILES string of the molecule is C#Cc1cc(C(=O)OC)c2ccc3c(C(=O)OC)cc(C#C)c4ccc1c2c43. The number of terminal acetylenes is 2. The summed E-state index contributed by atoms with van der Waals surface area (Å²) in [5, 5.41) is 4.51. The third-order valence-corrected chi connectivity index (χ3v) is 5.02. The Labute approximate surface area is 161 Å². The first-order chi connectivity index (χ1) is 13.5. The summed E-state index contributed by atoms with van der Waals surface area (Å²) in [5.41, 5.74) is 1.85. The van der Waals surface area contributed by atoms with Gasteiger partial charge in [-0.15, -0.1) is 12.8 Å². The van der Waals surface area contributed by atoms with E-state index in [-0.39, 0.29) is 0 Å². The molecule has 4 nitrogen and oxygen atoms in total. The summed E-state index contributed by atoms with van der Waals surface area (Å²) in [6.07, 6.45) is 11.4. The second-order valence-corrected chi connectivity index (χ2v) is 6.29. The standard InChI is InChI=1S/C24H14O4/c1-5-13-11-19(23(25)27-3)17-9-10-18-20(24(26)28-4)12-14(6-2)16-8-7-15(13)21(17)22(16)18/h1-2,7-12H,3-4H3. The molecule has 0 aliphatic carbocycles. The molecule has 0 unspecified atom stereocenters. The molecule has 0 saturated carbocycles. The highest BCUT2D eigenvalue weighted by Crippen LogP contribution is 2.40. The monoisotopic (exact) mass is 366 g/mol. The Kier molecular flexibility index (Phi) is 3.91. The van der Waals surface area contributed by atoms with Gasteiger partial charge >= 0.3 is 11.9 Å². The first-order valence-corrected chi connectivity index (χ1v) is 8.44. The molecule has 0 aliphatic rings. The summed E-state index contributed by atoms with van der Waals surface area (Å²) in [6.45, 7) is 0. The number of hydrogen-bond acceptors (Lipinski definition) is 4. The van der Waals surface area contributed by atoms with Crippen LogP contribution in [0.5, 0.6) is 0 Å². The number of hydrogen-bond donors (Lipinski definition) is 0. The van der Waals surface area contributed by atoms with Crippen LogP contribution in [0.25, 0.3) is 32.3 Å². The lowest BCUT2D eigenvalue weighted by atomic mass is 9.86. The number of ether oxygens (including phenoxy) is 2. The first kappa shape index (κ1) is 17.4. The maximum absolute atomic E-state index is 12.4. The molecule has 0 saturated heterocycles. The van der Waals surface area contributed by atoms with Crippen molar-refractivity contribution in [1.29, 1.82) is 0 Å². The van der Waals surface area contributed by atoms with E-state index in [1.807, 2.05) is 12.1 Å². The van der Waals surface area contributed by atoms with Crippen molar-refractivity contribution in [3.05, 3.63) is 58.7 Å². The molecule has 0 bridgehead atoms. The lowest BCUT2D eigenvalue weighted by Crippen LogP contribution is -2.06. The van der Waals surface area contributed by atoms with Crippen molar-refractivity contribution in [2.24, 2.45) is 0 Å². The summed E-state index contributed by atoms with van der Waals surface area (Å²) in [5.74, 6) is 4.30. The van der Waals surface area contributed by atoms with Gasteiger partial charge in [-0.25, -0.2) is 9.59 Å². The number of rotatable bonds is 2. The molecule has 0 heterocycles. The van der Waals surface area contributed by atoms with E-state index in [1.54, 1.807) is 24.3 Å². The van der Waals surface area contributed by atoms with Crippen LogP contribution in [0, 0.1) is 24.7 Å². The average molecular weight is 366 g/mol. The fourth-order valence-electron chi connectivity index (χ4n) is 3.79. The number of benzene rings is 4. The van der Waals surface area contributed by atoms with Gasteiger partial charge in [-0.05, 0) is 44.5 Å². The molecule has 4 aromatic carbocycles. The Morgan fingerprint density at radius 2 is 1.07 bits per heavy atom. The van der Waals surface area contributed by atoms with Crippen molar-refractivity contribution in [3.8, 4) is 24.7 Å². The third-order valence-electron chi connectivity index (χ3n) is 5.02. The lowest BCUT2D eigenvalue weighted by molar-refractivity contribution is 0.0594. The minimum Gasteiger partial charge on any atom is -0.465 e. The van der Waals surface area contributed by atoms with Gasteiger partial charge in [0.05, 0.1) is 25.3 Å². The average Bonchev–Trinajstić information content (AvgIpc) is 2.75. The normalized spacial score (nSPS) is 10.7. The van der Waals surface area contributed by atoms with E-state index in [4.69, 9.17) is 22.3 Å². The van der Waals surface area contributed by atoms with Gasteiger partial charge in [-0.2, -0.15) is 0 Å². The Morgan fingerprint density at radius 1 is 0.714 bits per heavy atom. The van der Waals surface area contributed by atoms with E-state index in [0.717, 1.165) is 21.5 Å². The van der Waals surface area contributed by atoms with E-state index in [0.29, 0.717) is 33.0 Å². The van der Waals surface area contributed by atoms with Crippen LogP contribution in [-0.2, 0) is 9.47 Å². The fourth-order valence-corrected chi connectivity index (χ4v) is 3.79. The molecular formula is C24H14O4. The Hall–Kier alpha value is -4.02. The van der Waals surface area contributed by atoms with Crippen LogP contribution in [0.4, 0.5) is 0 Å². The van der Waals surface area contributed by atoms with E-state index < -0.39 is 11.9 Å². The molecule has 0 N–H and O–H groups in total. The van der Waals surface area contributed by atoms with Crippen LogP contribution >= 0.6 is 0 Å². The van der Waals surface area contributed by atoms with Crippen molar-refractivity contribution >= 4 is 44.3 Å². The van der Waals surface area contributed by atoms with Gasteiger partial charge in [0.25, 0.3) is 0 Å². The number of carbonyl (C=O) groups is 2. The Balaban J connectivity index is 2.34. The molecule has 0 spiro atoms. The molecule has 4 rings (SSSR count). The quantitative estimate of drug-likeness (QED) is 0.304. The highest BCUT2D eigenvalue weighted by atomic mass is 16.5. The van der Waals surface area contributed by atoms with Gasteiger partial charge in [-0.3, -0.25) is 0 Å². The molecule has 0 atom stereocenters. The van der Waals surface area contributed by atoms with Gasteiger partial charge < -0.3 is 9.47 Å². The minimum absolute atomic E-state index is 0.364. The maximum atomic E-state index is 12.4. The minimum atomic E-state index is -0.486. The predicted octanol–water partition coefficient (Wildman–Crippen LogP) is 4.12. The second-order valence-electron chi connectivity index (χ2n) is 6.29. The fraction of sp³-hybridized carbons (Fsp3) is 0.0833. The smallest absolute Gasteiger partial charge is 0.338 e. The molecule has 0 radical (unpaired) electrons. The van der Waals surface area contributed by atoms with Gasteiger partial charge in [-0.1, -0.05) is 36.1 Å². The van der Waals surface area contributed by atoms with Crippen molar-refractivity contribution in [2.75, 3.05) is 14.2 Å². The third kappa shape index (κ3) is 2.22. The molecule has 0 fully saturated rings. The highest BCUT2D eigenvalue weighted by molar-refractivity contribution is 6.30. The molecular weight excluding hydrogens is 352 g/mol. The molecule has 0 aromatic heterocycles. The van der Waals surface area contributed by atoms with Crippen molar-refractivity contribution in [3.63, 3.8) is 0 Å². The zero-order valence-electron chi connectivity index (χ0n) is 15.3. The highest BCUT2D eigenvalue weighted by Gasteiger charge is 2.22. The van der Waals surface area contributed by atoms with Crippen LogP contribution in [0.1, 0.15) is 31.8 Å². The van der Waals surface area contributed by atoms with Crippen LogP contribution < -0.4 is 0 Å². The first-order valence-electron chi connectivity index (χ1n) is 8.44. The Morgan fingerprint density at radius 3 is 1.39 bits per heavy atom. The summed E-state index contributed by atoms with van der Waals surface area (Å²) in [4.78, 5) is 24.8. The number of carbonyl (C=O) groups excluding carboxylic acids is 2. The van der Waals surface area contributed by atoms with E-state index >= 15 is 0 Å². The van der Waals surface area contributed by atoms with Crippen LogP contribution in [0.3, 0.4) is 0 Å². The van der Waals surface area contributed by atoms with Gasteiger partial charge in [0.15, 0.2) is 0 Å². The van der Waals surface area contributed by atoms with Crippen molar-refractivity contribution in [1.82, 2.24) is 0 Å². The van der Waals surface area contributed by atoms with Crippen LogP contribution in [0.2, 0.25) is 0 Å². The molecule has 0 aliphatic heterocycles. The summed E-state index contributed by atoms with van der Waals surface area (Å²) >= 11 is 0.